The Bertz CT molecular complexity index is 394. The van der Waals surface area contributed by atoms with Gasteiger partial charge in [-0.3, -0.25) is 4.79 Å². The maximum atomic E-state index is 11.5. The molecule has 0 bridgehead atoms. The summed E-state index contributed by atoms with van der Waals surface area (Å²) in [6, 6.07) is 10.2. The van der Waals surface area contributed by atoms with Crippen molar-refractivity contribution < 1.29 is 14.3 Å². The van der Waals surface area contributed by atoms with Gasteiger partial charge in [0.05, 0.1) is 18.8 Å². The number of amides is 1. The maximum absolute atomic E-state index is 11.5. The topological polar surface area (TPSA) is 47.6 Å². The van der Waals surface area contributed by atoms with Gasteiger partial charge in [0.1, 0.15) is 6.61 Å². The van der Waals surface area contributed by atoms with Gasteiger partial charge in [0.15, 0.2) is 0 Å². The molecule has 2 rings (SSSR count). The van der Waals surface area contributed by atoms with Gasteiger partial charge in [-0.1, -0.05) is 30.3 Å². The Labute approximate surface area is 114 Å². The van der Waals surface area contributed by atoms with E-state index in [4.69, 9.17) is 9.47 Å². The van der Waals surface area contributed by atoms with Crippen LogP contribution in [0.15, 0.2) is 30.3 Å². The summed E-state index contributed by atoms with van der Waals surface area (Å²) >= 11 is 0. The first-order valence-electron chi connectivity index (χ1n) is 6.73. The number of benzene rings is 1. The summed E-state index contributed by atoms with van der Waals surface area (Å²) < 4.78 is 10.8. The van der Waals surface area contributed by atoms with Gasteiger partial charge in [-0.15, -0.1) is 0 Å². The number of ether oxygens (including phenoxy) is 2. The molecule has 1 aliphatic carbocycles. The number of carbonyl (C=O) groups is 1. The zero-order valence-corrected chi connectivity index (χ0v) is 11.3. The van der Waals surface area contributed by atoms with Crippen molar-refractivity contribution in [1.29, 1.82) is 0 Å². The third kappa shape index (κ3) is 4.33. The number of hydrogen-bond donors (Lipinski definition) is 1. The zero-order chi connectivity index (χ0) is 13.5. The van der Waals surface area contributed by atoms with E-state index in [1.165, 1.54) is 7.11 Å². The van der Waals surface area contributed by atoms with E-state index in [-0.39, 0.29) is 24.7 Å². The van der Waals surface area contributed by atoms with Crippen molar-refractivity contribution in [2.45, 2.75) is 38.0 Å². The highest BCUT2D eigenvalue weighted by molar-refractivity contribution is 5.77. The third-order valence-electron chi connectivity index (χ3n) is 3.38. The van der Waals surface area contributed by atoms with E-state index in [0.29, 0.717) is 6.61 Å². The molecule has 0 spiro atoms. The smallest absolute Gasteiger partial charge is 0.246 e. The van der Waals surface area contributed by atoms with Crippen LogP contribution in [-0.4, -0.2) is 31.8 Å². The number of nitrogens with one attached hydrogen (secondary N) is 1. The lowest BCUT2D eigenvalue weighted by molar-refractivity contribution is -0.126. The second-order valence-corrected chi connectivity index (χ2v) is 4.87. The van der Waals surface area contributed by atoms with E-state index in [2.05, 4.69) is 5.32 Å². The van der Waals surface area contributed by atoms with E-state index in [1.54, 1.807) is 0 Å². The first-order valence-corrected chi connectivity index (χ1v) is 6.73. The molecule has 1 amide bonds. The molecule has 1 fully saturated rings. The molecular weight excluding hydrogens is 242 g/mol. The van der Waals surface area contributed by atoms with Crippen LogP contribution in [0.2, 0.25) is 0 Å². The molecule has 1 aliphatic rings. The predicted molar refractivity (Wildman–Crippen MR) is 72.7 cm³/mol. The van der Waals surface area contributed by atoms with E-state index < -0.39 is 0 Å². The summed E-state index contributed by atoms with van der Waals surface area (Å²) in [5, 5.41) is 2.98. The fourth-order valence-electron chi connectivity index (χ4n) is 2.45. The fraction of sp³-hybridized carbons (Fsp3) is 0.533. The number of methoxy groups -OCH3 is 1. The molecule has 19 heavy (non-hydrogen) atoms. The highest BCUT2D eigenvalue weighted by Gasteiger charge is 2.29. The van der Waals surface area contributed by atoms with Crippen LogP contribution in [0.3, 0.4) is 0 Å². The normalized spacial score (nSPS) is 22.4. The maximum Gasteiger partial charge on any atom is 0.246 e. The molecule has 0 unspecified atom stereocenters. The molecule has 4 heteroatoms. The third-order valence-corrected chi connectivity index (χ3v) is 3.38. The molecule has 0 aromatic heterocycles. The van der Waals surface area contributed by atoms with Gasteiger partial charge in [-0.2, -0.15) is 0 Å². The lowest BCUT2D eigenvalue weighted by Crippen LogP contribution is -2.42. The Morgan fingerprint density at radius 3 is 2.84 bits per heavy atom. The Morgan fingerprint density at radius 2 is 2.11 bits per heavy atom. The van der Waals surface area contributed by atoms with Crippen molar-refractivity contribution in [2.24, 2.45) is 0 Å². The summed E-state index contributed by atoms with van der Waals surface area (Å²) in [5.74, 6) is -0.0669. The van der Waals surface area contributed by atoms with Gasteiger partial charge in [0, 0.05) is 7.11 Å². The quantitative estimate of drug-likeness (QED) is 0.852. The largest absolute Gasteiger partial charge is 0.375 e. The average molecular weight is 263 g/mol. The van der Waals surface area contributed by atoms with Crippen LogP contribution in [0.5, 0.6) is 0 Å². The Balaban J connectivity index is 1.80. The molecule has 0 aliphatic heterocycles. The van der Waals surface area contributed by atoms with Crippen molar-refractivity contribution in [3.05, 3.63) is 35.9 Å². The highest BCUT2D eigenvalue weighted by atomic mass is 16.5. The van der Waals surface area contributed by atoms with Gasteiger partial charge in [0.2, 0.25) is 5.91 Å². The summed E-state index contributed by atoms with van der Waals surface area (Å²) in [7, 11) is 1.53. The molecule has 104 valence electrons. The monoisotopic (exact) mass is 263 g/mol. The molecule has 0 radical (unpaired) electrons. The molecule has 0 saturated heterocycles. The Morgan fingerprint density at radius 1 is 1.32 bits per heavy atom. The van der Waals surface area contributed by atoms with Crippen molar-refractivity contribution in [1.82, 2.24) is 5.32 Å². The van der Waals surface area contributed by atoms with Crippen LogP contribution in [0.1, 0.15) is 24.8 Å². The molecule has 1 saturated carbocycles. The van der Waals surface area contributed by atoms with E-state index in [9.17, 15) is 4.79 Å². The summed E-state index contributed by atoms with van der Waals surface area (Å²) in [6.07, 6.45) is 3.19. The standard InChI is InChI=1S/C15H21NO3/c1-18-11-15(17)16-13-8-5-9-14(13)19-10-12-6-3-2-4-7-12/h2-4,6-7,13-14H,5,8-11H2,1H3,(H,16,17)/t13-,14-/m1/s1. The second-order valence-electron chi connectivity index (χ2n) is 4.87. The number of carbonyl (C=O) groups excluding carboxylic acids is 1. The van der Waals surface area contributed by atoms with Crippen molar-refractivity contribution >= 4 is 5.91 Å². The van der Waals surface area contributed by atoms with Crippen LogP contribution in [0, 0.1) is 0 Å². The molecule has 2 atom stereocenters. The van der Waals surface area contributed by atoms with Gasteiger partial charge in [0.25, 0.3) is 0 Å². The SMILES string of the molecule is COCC(=O)N[C@@H]1CCC[C@H]1OCc1ccccc1. The molecule has 0 heterocycles. The zero-order valence-electron chi connectivity index (χ0n) is 11.3. The molecule has 1 N–H and O–H groups in total. The fourth-order valence-corrected chi connectivity index (χ4v) is 2.45. The number of hydrogen-bond acceptors (Lipinski definition) is 3. The first-order chi connectivity index (χ1) is 9.29. The van der Waals surface area contributed by atoms with Crippen LogP contribution in [0.4, 0.5) is 0 Å². The minimum absolute atomic E-state index is 0.0669. The van der Waals surface area contributed by atoms with Gasteiger partial charge < -0.3 is 14.8 Å². The van der Waals surface area contributed by atoms with E-state index >= 15 is 0 Å². The highest BCUT2D eigenvalue weighted by Crippen LogP contribution is 2.23. The first kappa shape index (κ1) is 14.0. The van der Waals surface area contributed by atoms with Gasteiger partial charge in [-0.05, 0) is 24.8 Å². The Hall–Kier alpha value is -1.39. The minimum Gasteiger partial charge on any atom is -0.375 e. The van der Waals surface area contributed by atoms with Crippen LogP contribution >= 0.6 is 0 Å². The van der Waals surface area contributed by atoms with Crippen molar-refractivity contribution in [2.75, 3.05) is 13.7 Å². The summed E-state index contributed by atoms with van der Waals surface area (Å²) in [5.41, 5.74) is 1.16. The lowest BCUT2D eigenvalue weighted by Gasteiger charge is -2.21. The van der Waals surface area contributed by atoms with Crippen molar-refractivity contribution in [3.63, 3.8) is 0 Å². The van der Waals surface area contributed by atoms with Crippen molar-refractivity contribution in [3.8, 4) is 0 Å². The van der Waals surface area contributed by atoms with E-state index in [1.807, 2.05) is 30.3 Å². The predicted octanol–water partition coefficient (Wildman–Crippen LogP) is 1.89. The summed E-state index contributed by atoms with van der Waals surface area (Å²) in [6.45, 7) is 0.712. The minimum atomic E-state index is -0.0669. The van der Waals surface area contributed by atoms with Gasteiger partial charge in [-0.25, -0.2) is 0 Å². The lowest BCUT2D eigenvalue weighted by atomic mass is 10.2. The molecule has 1 aromatic carbocycles. The van der Waals surface area contributed by atoms with Crippen LogP contribution in [-0.2, 0) is 20.9 Å². The average Bonchev–Trinajstić information content (AvgIpc) is 2.85. The number of rotatable bonds is 6. The second kappa shape index (κ2) is 7.26. The molecule has 4 nitrogen and oxygen atoms in total. The van der Waals surface area contributed by atoms with Gasteiger partial charge >= 0.3 is 0 Å². The summed E-state index contributed by atoms with van der Waals surface area (Å²) in [4.78, 5) is 11.5. The molecular formula is C15H21NO3. The molecule has 1 aromatic rings. The Kier molecular flexibility index (Phi) is 5.36. The van der Waals surface area contributed by atoms with Crippen LogP contribution in [0.25, 0.3) is 0 Å². The van der Waals surface area contributed by atoms with Crippen LogP contribution < -0.4 is 5.32 Å². The van der Waals surface area contributed by atoms with E-state index in [0.717, 1.165) is 24.8 Å².